The molecule has 10 heteroatoms. The van der Waals surface area contributed by atoms with Crippen LogP contribution in [-0.4, -0.2) is 145 Å². The van der Waals surface area contributed by atoms with E-state index in [1.165, 1.54) is 0 Å². The molecule has 0 aromatic carbocycles. The lowest BCUT2D eigenvalue weighted by molar-refractivity contribution is -0.165. The average molecular weight is 433 g/mol. The molecule has 0 aromatic heterocycles. The maximum absolute atomic E-state index is 12.4. The molecule has 176 valence electrons. The van der Waals surface area contributed by atoms with Gasteiger partial charge in [-0.25, -0.2) is 0 Å². The number of β-amino-alcohol motifs (C(OH)–C–C–N with tert-alkyl or cyclic N) is 1. The lowest BCUT2D eigenvalue weighted by Gasteiger charge is -2.35. The maximum Gasteiger partial charge on any atom is 0.320 e. The van der Waals surface area contributed by atoms with E-state index in [9.17, 15) is 19.8 Å². The molecule has 10 nitrogen and oxygen atoms in total. The number of aliphatic carboxylic acids is 1. The minimum absolute atomic E-state index is 0.0365. The zero-order valence-electron chi connectivity index (χ0n) is 19.1. The van der Waals surface area contributed by atoms with Gasteiger partial charge in [0, 0.05) is 52.1 Å². The molecule has 0 spiro atoms. The van der Waals surface area contributed by atoms with Gasteiger partial charge >= 0.3 is 11.9 Å². The molecule has 1 aliphatic heterocycles. The predicted molar refractivity (Wildman–Crippen MR) is 113 cm³/mol. The summed E-state index contributed by atoms with van der Waals surface area (Å²) >= 11 is 0. The number of carbonyl (C=O) groups excluding carboxylic acids is 1. The average Bonchev–Trinajstić information content (AvgIpc) is 2.57. The third kappa shape index (κ3) is 11.2. The molecule has 3 N–H and O–H groups in total. The van der Waals surface area contributed by atoms with Crippen molar-refractivity contribution < 1.29 is 29.6 Å². The molecule has 1 aliphatic rings. The van der Waals surface area contributed by atoms with E-state index >= 15 is 0 Å². The smallest absolute Gasteiger partial charge is 0.320 e. The fourth-order valence-electron chi connectivity index (χ4n) is 3.79. The van der Waals surface area contributed by atoms with Crippen molar-refractivity contribution in [3.8, 4) is 0 Å². The minimum Gasteiger partial charge on any atom is -0.480 e. The number of carboxylic acids is 1. The van der Waals surface area contributed by atoms with E-state index in [-0.39, 0.29) is 31.9 Å². The van der Waals surface area contributed by atoms with Crippen LogP contribution in [0.2, 0.25) is 0 Å². The number of carbonyl (C=O) groups is 2. The van der Waals surface area contributed by atoms with Gasteiger partial charge in [-0.3, -0.25) is 19.4 Å². The lowest BCUT2D eigenvalue weighted by atomic mass is 9.91. The quantitative estimate of drug-likeness (QED) is 0.376. The fraction of sp³-hybridized carbons (Fsp3) is 0.900. The van der Waals surface area contributed by atoms with Gasteiger partial charge in [-0.1, -0.05) is 0 Å². The van der Waals surface area contributed by atoms with Crippen LogP contribution in [0.15, 0.2) is 0 Å². The Balaban J connectivity index is 2.67. The second-order valence-electron chi connectivity index (χ2n) is 9.03. The van der Waals surface area contributed by atoms with Gasteiger partial charge < -0.3 is 29.9 Å². The molecule has 1 heterocycles. The number of rotatable bonds is 9. The van der Waals surface area contributed by atoms with Crippen LogP contribution < -0.4 is 0 Å². The monoisotopic (exact) mass is 432 g/mol. The molecule has 0 saturated carbocycles. The second-order valence-corrected chi connectivity index (χ2v) is 9.03. The molecule has 30 heavy (non-hydrogen) atoms. The Hall–Kier alpha value is -1.30. The molecule has 0 radical (unpaired) electrons. The highest BCUT2D eigenvalue weighted by atomic mass is 16.6. The van der Waals surface area contributed by atoms with Crippen LogP contribution in [0, 0.1) is 0 Å². The molecule has 0 aromatic rings. The number of hydrogen-bond donors (Lipinski definition) is 3. The Morgan fingerprint density at radius 3 is 2.47 bits per heavy atom. The molecule has 2 unspecified atom stereocenters. The number of aliphatic hydroxyl groups excluding tert-OH is 2. The SMILES string of the molecule is CN(CCN(C)CC(O)C[C@@]1(C)CC(O)CN(C)CCN(C)CC(=O)O1)CC(=O)O. The largest absolute Gasteiger partial charge is 0.480 e. The van der Waals surface area contributed by atoms with E-state index in [0.29, 0.717) is 32.7 Å². The molecule has 1 fully saturated rings. The van der Waals surface area contributed by atoms with E-state index < -0.39 is 23.8 Å². The van der Waals surface area contributed by atoms with Gasteiger partial charge in [0.25, 0.3) is 0 Å². The lowest BCUT2D eigenvalue weighted by Crippen LogP contribution is -2.44. The molecule has 1 rings (SSSR count). The number of likely N-dealkylation sites (N-methyl/N-ethyl adjacent to an activating group) is 4. The van der Waals surface area contributed by atoms with Crippen molar-refractivity contribution in [2.45, 2.75) is 37.6 Å². The topological polar surface area (TPSA) is 117 Å². The third-order valence-corrected chi connectivity index (χ3v) is 5.27. The Morgan fingerprint density at radius 2 is 1.83 bits per heavy atom. The van der Waals surface area contributed by atoms with E-state index in [4.69, 9.17) is 9.84 Å². The van der Waals surface area contributed by atoms with Crippen molar-refractivity contribution in [3.05, 3.63) is 0 Å². The number of esters is 1. The van der Waals surface area contributed by atoms with E-state index in [2.05, 4.69) is 0 Å². The van der Waals surface area contributed by atoms with Crippen LogP contribution in [0.25, 0.3) is 0 Å². The predicted octanol–water partition coefficient (Wildman–Crippen LogP) is -1.38. The summed E-state index contributed by atoms with van der Waals surface area (Å²) < 4.78 is 5.73. The van der Waals surface area contributed by atoms with Gasteiger partial charge in [-0.15, -0.1) is 0 Å². The van der Waals surface area contributed by atoms with Crippen molar-refractivity contribution in [2.24, 2.45) is 0 Å². The highest BCUT2D eigenvalue weighted by Crippen LogP contribution is 2.25. The first-order valence-electron chi connectivity index (χ1n) is 10.4. The van der Waals surface area contributed by atoms with Gasteiger partial charge in [-0.05, 0) is 35.1 Å². The third-order valence-electron chi connectivity index (χ3n) is 5.27. The summed E-state index contributed by atoms with van der Waals surface area (Å²) in [4.78, 5) is 30.6. The number of aliphatic hydroxyl groups is 2. The minimum atomic E-state index is -0.983. The number of ether oxygens (including phenoxy) is 1. The zero-order chi connectivity index (χ0) is 22.9. The number of carboxylic acid groups (broad SMARTS) is 1. The molecule has 0 amide bonds. The normalized spacial score (nSPS) is 26.4. The van der Waals surface area contributed by atoms with Gasteiger partial charge in [-0.2, -0.15) is 0 Å². The zero-order valence-corrected chi connectivity index (χ0v) is 19.1. The summed E-state index contributed by atoms with van der Waals surface area (Å²) in [5, 5.41) is 29.9. The number of cyclic esters (lactones) is 1. The first-order chi connectivity index (χ1) is 13.9. The van der Waals surface area contributed by atoms with Crippen LogP contribution in [0.3, 0.4) is 0 Å². The fourth-order valence-corrected chi connectivity index (χ4v) is 3.79. The van der Waals surface area contributed by atoms with Gasteiger partial charge in [0.05, 0.1) is 25.3 Å². The van der Waals surface area contributed by atoms with Crippen LogP contribution >= 0.6 is 0 Å². The number of hydrogen-bond acceptors (Lipinski definition) is 9. The van der Waals surface area contributed by atoms with Gasteiger partial charge in [0.2, 0.25) is 0 Å². The summed E-state index contributed by atoms with van der Waals surface area (Å²) in [6.45, 7) is 5.28. The van der Waals surface area contributed by atoms with E-state index in [1.54, 1.807) is 18.9 Å². The summed E-state index contributed by atoms with van der Waals surface area (Å²) in [5.74, 6) is -1.25. The Morgan fingerprint density at radius 1 is 1.23 bits per heavy atom. The first-order valence-corrected chi connectivity index (χ1v) is 10.4. The Bertz CT molecular complexity index is 551. The van der Waals surface area contributed by atoms with Crippen molar-refractivity contribution in [1.82, 2.24) is 19.6 Å². The molecule has 0 bridgehead atoms. The molecule has 3 atom stereocenters. The Kier molecular flexibility index (Phi) is 11.2. The van der Waals surface area contributed by atoms with Crippen molar-refractivity contribution in [1.29, 1.82) is 0 Å². The summed E-state index contributed by atoms with van der Waals surface area (Å²) in [7, 11) is 7.37. The molecule has 1 saturated heterocycles. The van der Waals surface area contributed by atoms with Crippen LogP contribution in [-0.2, 0) is 14.3 Å². The van der Waals surface area contributed by atoms with Crippen molar-refractivity contribution in [2.75, 3.05) is 80.5 Å². The summed E-state index contributed by atoms with van der Waals surface area (Å²) in [6, 6.07) is 0. The maximum atomic E-state index is 12.4. The van der Waals surface area contributed by atoms with Gasteiger partial charge in [0.1, 0.15) is 5.60 Å². The van der Waals surface area contributed by atoms with E-state index in [0.717, 1.165) is 6.54 Å². The molecular formula is C20H40N4O6. The second kappa shape index (κ2) is 12.5. The highest BCUT2D eigenvalue weighted by molar-refractivity contribution is 5.72. The van der Waals surface area contributed by atoms with Crippen LogP contribution in [0.4, 0.5) is 0 Å². The van der Waals surface area contributed by atoms with Crippen molar-refractivity contribution >= 4 is 11.9 Å². The molecule has 0 aliphatic carbocycles. The van der Waals surface area contributed by atoms with Crippen LogP contribution in [0.5, 0.6) is 0 Å². The van der Waals surface area contributed by atoms with Crippen LogP contribution in [0.1, 0.15) is 19.8 Å². The summed E-state index contributed by atoms with van der Waals surface area (Å²) in [6.07, 6.45) is -0.982. The summed E-state index contributed by atoms with van der Waals surface area (Å²) in [5.41, 5.74) is -0.983. The van der Waals surface area contributed by atoms with E-state index in [1.807, 2.05) is 35.8 Å². The first kappa shape index (κ1) is 26.7. The standard InChI is InChI=1S/C20H40N4O6/c1-20(10-16(25)12-21(2)6-8-23(4)14-18(27)28)11-17(26)13-22(3)7-9-24(5)15-19(29)30-20/h16-17,25-26H,6-15H2,1-5H3,(H,27,28)/t16?,17?,20-/m0/s1. The Labute approximate surface area is 180 Å². The molecular weight excluding hydrogens is 392 g/mol. The van der Waals surface area contributed by atoms with Gasteiger partial charge in [0.15, 0.2) is 0 Å². The number of nitrogens with zero attached hydrogens (tertiary/aromatic N) is 4. The highest BCUT2D eigenvalue weighted by Gasteiger charge is 2.35. The van der Waals surface area contributed by atoms with Crippen molar-refractivity contribution in [3.63, 3.8) is 0 Å².